The lowest BCUT2D eigenvalue weighted by molar-refractivity contribution is 0.0955. The second-order valence-corrected chi connectivity index (χ2v) is 8.28. The molecular weight excluding hydrogens is 400 g/mol. The van der Waals surface area contributed by atoms with Crippen LogP contribution >= 0.6 is 23.5 Å². The van der Waals surface area contributed by atoms with Crippen molar-refractivity contribution in [1.82, 2.24) is 5.43 Å². The van der Waals surface area contributed by atoms with Crippen molar-refractivity contribution in [2.75, 3.05) is 7.11 Å². The van der Waals surface area contributed by atoms with Crippen molar-refractivity contribution in [1.29, 1.82) is 0 Å². The Hall–Kier alpha value is -2.70. The third-order valence-electron chi connectivity index (χ3n) is 4.01. The second kappa shape index (κ2) is 11.3. The molecule has 0 heterocycles. The van der Waals surface area contributed by atoms with Gasteiger partial charge in [0.15, 0.2) is 4.38 Å². The number of rotatable bonds is 7. The molecule has 1 amide bonds. The van der Waals surface area contributed by atoms with Crippen LogP contribution in [0.15, 0.2) is 90.0 Å². The van der Waals surface area contributed by atoms with E-state index in [0.717, 1.165) is 15.9 Å². The number of hydrogen-bond donors (Lipinski definition) is 1. The van der Waals surface area contributed by atoms with Gasteiger partial charge in [0.2, 0.25) is 0 Å². The summed E-state index contributed by atoms with van der Waals surface area (Å²) in [5, 5.41) is 4.38. The molecule has 3 aromatic rings. The average molecular weight is 423 g/mol. The number of amides is 1. The summed E-state index contributed by atoms with van der Waals surface area (Å²) in [7, 11) is 1.60. The number of hydrazone groups is 1. The van der Waals surface area contributed by atoms with E-state index in [4.69, 9.17) is 4.74 Å². The molecule has 0 fully saturated rings. The summed E-state index contributed by atoms with van der Waals surface area (Å²) < 4.78 is 5.95. The molecule has 0 unspecified atom stereocenters. The third-order valence-corrected chi connectivity index (χ3v) is 6.35. The Morgan fingerprint density at radius 1 is 0.828 bits per heavy atom. The number of hydrogen-bond acceptors (Lipinski definition) is 5. The van der Waals surface area contributed by atoms with E-state index in [-0.39, 0.29) is 5.91 Å². The fraction of sp³-hybridized carbons (Fsp3) is 0.130. The molecule has 0 radical (unpaired) electrons. The fourth-order valence-electron chi connectivity index (χ4n) is 2.45. The zero-order valence-electron chi connectivity index (χ0n) is 16.1. The lowest BCUT2D eigenvalue weighted by Crippen LogP contribution is -2.18. The Morgan fingerprint density at radius 2 is 1.34 bits per heavy atom. The van der Waals surface area contributed by atoms with Gasteiger partial charge in [-0.1, -0.05) is 84.2 Å². The molecule has 4 nitrogen and oxygen atoms in total. The van der Waals surface area contributed by atoms with Crippen LogP contribution < -0.4 is 10.2 Å². The maximum absolute atomic E-state index is 12.4. The van der Waals surface area contributed by atoms with E-state index in [0.29, 0.717) is 11.3 Å². The smallest absolute Gasteiger partial charge is 0.271 e. The van der Waals surface area contributed by atoms with Crippen molar-refractivity contribution in [3.05, 3.63) is 102 Å². The molecule has 0 saturated heterocycles. The van der Waals surface area contributed by atoms with Crippen LogP contribution in [0.5, 0.6) is 5.75 Å². The van der Waals surface area contributed by atoms with Crippen LogP contribution in [0.1, 0.15) is 21.5 Å². The molecule has 0 aliphatic heterocycles. The number of thioether (sulfide) groups is 2. The molecule has 148 valence electrons. The molecule has 0 aliphatic rings. The minimum atomic E-state index is -0.245. The first-order valence-corrected chi connectivity index (χ1v) is 11.1. The number of carbonyl (C=O) groups is 1. The van der Waals surface area contributed by atoms with Gasteiger partial charge in [0, 0.05) is 17.1 Å². The van der Waals surface area contributed by atoms with E-state index in [1.54, 1.807) is 54.9 Å². The van der Waals surface area contributed by atoms with Gasteiger partial charge >= 0.3 is 0 Å². The number of nitrogens with one attached hydrogen (secondary N) is 1. The lowest BCUT2D eigenvalue weighted by atomic mass is 10.2. The standard InChI is InChI=1S/C23H22N2O2S2/c1-27-21-14-12-20(13-15-21)22(26)24-25-23(28-16-18-8-4-2-5-9-18)29-17-19-10-6-3-7-11-19/h2-15H,16-17H2,1H3,(H,24,26). The molecule has 1 N–H and O–H groups in total. The van der Waals surface area contributed by atoms with Crippen LogP contribution in [0.4, 0.5) is 0 Å². The predicted octanol–water partition coefficient (Wildman–Crippen LogP) is 5.56. The van der Waals surface area contributed by atoms with E-state index in [1.165, 1.54) is 11.1 Å². The highest BCUT2D eigenvalue weighted by atomic mass is 32.2. The first-order valence-electron chi connectivity index (χ1n) is 9.10. The average Bonchev–Trinajstić information content (AvgIpc) is 2.79. The molecule has 3 rings (SSSR count). The Labute approximate surface area is 179 Å². The first kappa shape index (κ1) is 21.0. The summed E-state index contributed by atoms with van der Waals surface area (Å²) in [6.45, 7) is 0. The zero-order valence-corrected chi connectivity index (χ0v) is 17.7. The number of carbonyl (C=O) groups excluding carboxylic acids is 1. The molecule has 0 bridgehead atoms. The molecule has 6 heteroatoms. The van der Waals surface area contributed by atoms with Crippen LogP contribution in [0.3, 0.4) is 0 Å². The van der Waals surface area contributed by atoms with Gasteiger partial charge in [0.25, 0.3) is 5.91 Å². The van der Waals surface area contributed by atoms with Crippen molar-refractivity contribution in [3.63, 3.8) is 0 Å². The normalized spacial score (nSPS) is 10.2. The molecule has 0 atom stereocenters. The Balaban J connectivity index is 1.65. The Kier molecular flexibility index (Phi) is 8.22. The first-order chi connectivity index (χ1) is 14.2. The Bertz CT molecular complexity index is 885. The number of ether oxygens (including phenoxy) is 1. The van der Waals surface area contributed by atoms with Gasteiger partial charge in [0.05, 0.1) is 7.11 Å². The molecule has 0 aromatic heterocycles. The van der Waals surface area contributed by atoms with Crippen LogP contribution in [0.2, 0.25) is 0 Å². The van der Waals surface area contributed by atoms with E-state index in [9.17, 15) is 4.79 Å². The summed E-state index contributed by atoms with van der Waals surface area (Å²) in [6, 6.07) is 27.4. The quantitative estimate of drug-likeness (QED) is 0.308. The van der Waals surface area contributed by atoms with Gasteiger partial charge in [-0.3, -0.25) is 4.79 Å². The summed E-state index contributed by atoms with van der Waals surface area (Å²) >= 11 is 3.23. The Morgan fingerprint density at radius 3 is 1.83 bits per heavy atom. The monoisotopic (exact) mass is 422 g/mol. The van der Waals surface area contributed by atoms with E-state index in [1.807, 2.05) is 36.4 Å². The number of nitrogens with zero attached hydrogens (tertiary/aromatic N) is 1. The van der Waals surface area contributed by atoms with Gasteiger partial charge in [-0.05, 0) is 35.4 Å². The van der Waals surface area contributed by atoms with Gasteiger partial charge in [-0.15, -0.1) is 0 Å². The lowest BCUT2D eigenvalue weighted by Gasteiger charge is -2.08. The summed E-state index contributed by atoms with van der Waals surface area (Å²) in [6.07, 6.45) is 0. The van der Waals surface area contributed by atoms with Gasteiger partial charge in [-0.25, -0.2) is 5.43 Å². The van der Waals surface area contributed by atoms with Crippen molar-refractivity contribution in [3.8, 4) is 5.75 Å². The van der Waals surface area contributed by atoms with Crippen molar-refractivity contribution >= 4 is 33.8 Å². The SMILES string of the molecule is COc1ccc(C(=O)NN=C(SCc2ccccc2)SCc2ccccc2)cc1. The molecule has 0 spiro atoms. The van der Waals surface area contributed by atoms with E-state index >= 15 is 0 Å². The third kappa shape index (κ3) is 7.00. The van der Waals surface area contributed by atoms with Crippen LogP contribution in [0.25, 0.3) is 0 Å². The van der Waals surface area contributed by atoms with Gasteiger partial charge in [-0.2, -0.15) is 5.10 Å². The predicted molar refractivity (Wildman–Crippen MR) is 123 cm³/mol. The van der Waals surface area contributed by atoms with Crippen LogP contribution in [0, 0.1) is 0 Å². The highest BCUT2D eigenvalue weighted by Gasteiger charge is 2.08. The largest absolute Gasteiger partial charge is 0.497 e. The summed E-state index contributed by atoms with van der Waals surface area (Å²) in [4.78, 5) is 12.4. The van der Waals surface area contributed by atoms with Crippen molar-refractivity contribution < 1.29 is 9.53 Å². The molecular formula is C23H22N2O2S2. The topological polar surface area (TPSA) is 50.7 Å². The maximum atomic E-state index is 12.4. The molecule has 0 saturated carbocycles. The molecule has 0 aliphatic carbocycles. The minimum Gasteiger partial charge on any atom is -0.497 e. The second-order valence-electron chi connectivity index (χ2n) is 6.10. The van der Waals surface area contributed by atoms with Gasteiger partial charge in [0.1, 0.15) is 5.75 Å². The molecule has 29 heavy (non-hydrogen) atoms. The van der Waals surface area contributed by atoms with Gasteiger partial charge < -0.3 is 4.74 Å². The highest BCUT2D eigenvalue weighted by Crippen LogP contribution is 2.24. The fourth-order valence-corrected chi connectivity index (χ4v) is 4.32. The van der Waals surface area contributed by atoms with E-state index in [2.05, 4.69) is 34.8 Å². The zero-order chi connectivity index (χ0) is 20.3. The van der Waals surface area contributed by atoms with Crippen LogP contribution in [-0.2, 0) is 11.5 Å². The van der Waals surface area contributed by atoms with Crippen molar-refractivity contribution in [2.45, 2.75) is 11.5 Å². The minimum absolute atomic E-state index is 0.245. The maximum Gasteiger partial charge on any atom is 0.271 e. The summed E-state index contributed by atoms with van der Waals surface area (Å²) in [5.41, 5.74) is 5.64. The van der Waals surface area contributed by atoms with E-state index < -0.39 is 0 Å². The number of benzene rings is 3. The summed E-state index contributed by atoms with van der Waals surface area (Å²) in [5.74, 6) is 2.05. The van der Waals surface area contributed by atoms with Crippen molar-refractivity contribution in [2.24, 2.45) is 5.10 Å². The number of methoxy groups -OCH3 is 1. The molecule has 3 aromatic carbocycles. The van der Waals surface area contributed by atoms with Crippen LogP contribution in [-0.4, -0.2) is 17.4 Å². The highest BCUT2D eigenvalue weighted by molar-refractivity contribution is 8.38.